The van der Waals surface area contributed by atoms with Crippen LogP contribution in [0, 0.1) is 0 Å². The molecule has 0 saturated heterocycles. The molecule has 0 aromatic heterocycles. The van der Waals surface area contributed by atoms with Crippen LogP contribution in [-0.2, 0) is 4.79 Å². The molecule has 3 nitrogen and oxygen atoms in total. The molecule has 2 N–H and O–H groups in total. The average molecular weight is 210 g/mol. The van der Waals surface area contributed by atoms with E-state index in [9.17, 15) is 4.79 Å². The third-order valence-electron chi connectivity index (χ3n) is 2.89. The van der Waals surface area contributed by atoms with Crippen molar-refractivity contribution < 1.29 is 4.79 Å². The van der Waals surface area contributed by atoms with Crippen LogP contribution in [0.15, 0.2) is 12.2 Å². The van der Waals surface area contributed by atoms with E-state index in [1.807, 2.05) is 13.8 Å². The van der Waals surface area contributed by atoms with Crippen molar-refractivity contribution in [3.63, 3.8) is 0 Å². The molecule has 1 aliphatic rings. The Morgan fingerprint density at radius 3 is 2.53 bits per heavy atom. The molecule has 0 spiro atoms. The summed E-state index contributed by atoms with van der Waals surface area (Å²) in [4.78, 5) is 11.7. The second kappa shape index (κ2) is 5.91. The summed E-state index contributed by atoms with van der Waals surface area (Å²) in [7, 11) is 0. The van der Waals surface area contributed by atoms with Gasteiger partial charge in [-0.2, -0.15) is 0 Å². The van der Waals surface area contributed by atoms with E-state index in [0.717, 1.165) is 19.3 Å². The van der Waals surface area contributed by atoms with E-state index in [2.05, 4.69) is 29.7 Å². The molecule has 15 heavy (non-hydrogen) atoms. The lowest BCUT2D eigenvalue weighted by Crippen LogP contribution is -2.48. The van der Waals surface area contributed by atoms with Crippen LogP contribution in [-0.4, -0.2) is 24.0 Å². The summed E-state index contributed by atoms with van der Waals surface area (Å²) in [5, 5.41) is 6.31. The predicted molar refractivity (Wildman–Crippen MR) is 62.7 cm³/mol. The molecular formula is C12H22N2O. The van der Waals surface area contributed by atoms with Crippen molar-refractivity contribution in [3.05, 3.63) is 12.2 Å². The molecule has 0 bridgehead atoms. The minimum absolute atomic E-state index is 0.0936. The molecule has 0 saturated carbocycles. The van der Waals surface area contributed by atoms with E-state index in [-0.39, 0.29) is 18.0 Å². The van der Waals surface area contributed by atoms with Gasteiger partial charge in [0.1, 0.15) is 0 Å². The van der Waals surface area contributed by atoms with Gasteiger partial charge < -0.3 is 10.6 Å². The highest BCUT2D eigenvalue weighted by atomic mass is 16.2. The molecule has 1 amide bonds. The Morgan fingerprint density at radius 1 is 1.40 bits per heavy atom. The number of rotatable bonds is 5. The Bertz CT molecular complexity index is 230. The lowest BCUT2D eigenvalue weighted by Gasteiger charge is -2.20. The van der Waals surface area contributed by atoms with Gasteiger partial charge in [-0.05, 0) is 33.1 Å². The standard InChI is InChI=1S/C12H22N2O/c1-4-9(2)13-12(15)10(3)14-11-7-5-6-8-11/h5-6,9-11,14H,4,7-8H2,1-3H3,(H,13,15). The first-order valence-electron chi connectivity index (χ1n) is 5.85. The number of hydrogen-bond acceptors (Lipinski definition) is 2. The van der Waals surface area contributed by atoms with Crippen LogP contribution in [0.4, 0.5) is 0 Å². The maximum Gasteiger partial charge on any atom is 0.237 e. The van der Waals surface area contributed by atoms with Crippen molar-refractivity contribution in [2.24, 2.45) is 0 Å². The zero-order chi connectivity index (χ0) is 11.3. The van der Waals surface area contributed by atoms with Gasteiger partial charge in [0, 0.05) is 12.1 Å². The zero-order valence-corrected chi connectivity index (χ0v) is 9.92. The van der Waals surface area contributed by atoms with E-state index in [1.165, 1.54) is 0 Å². The first kappa shape index (κ1) is 12.2. The SMILES string of the molecule is CCC(C)NC(=O)C(C)NC1CC=CC1. The van der Waals surface area contributed by atoms with E-state index in [1.54, 1.807) is 0 Å². The van der Waals surface area contributed by atoms with E-state index >= 15 is 0 Å². The fraction of sp³-hybridized carbons (Fsp3) is 0.750. The molecule has 0 aliphatic heterocycles. The van der Waals surface area contributed by atoms with Gasteiger partial charge in [-0.3, -0.25) is 4.79 Å². The Morgan fingerprint density at radius 2 is 2.00 bits per heavy atom. The number of hydrogen-bond donors (Lipinski definition) is 2. The van der Waals surface area contributed by atoms with Gasteiger partial charge in [-0.15, -0.1) is 0 Å². The van der Waals surface area contributed by atoms with Crippen molar-refractivity contribution in [2.75, 3.05) is 0 Å². The Hall–Kier alpha value is -0.830. The average Bonchev–Trinajstić information content (AvgIpc) is 2.70. The van der Waals surface area contributed by atoms with Crippen LogP contribution in [0.1, 0.15) is 40.0 Å². The first-order valence-corrected chi connectivity index (χ1v) is 5.85. The van der Waals surface area contributed by atoms with Gasteiger partial charge in [-0.25, -0.2) is 0 Å². The Labute approximate surface area is 92.3 Å². The summed E-state index contributed by atoms with van der Waals surface area (Å²) in [6.07, 6.45) is 7.39. The highest BCUT2D eigenvalue weighted by Crippen LogP contribution is 2.09. The summed E-state index contributed by atoms with van der Waals surface area (Å²) < 4.78 is 0. The Kier molecular flexibility index (Phi) is 4.82. The molecular weight excluding hydrogens is 188 g/mol. The maximum atomic E-state index is 11.7. The normalized spacial score (nSPS) is 20.2. The molecule has 0 aromatic carbocycles. The summed E-state index contributed by atoms with van der Waals surface area (Å²) in [6.45, 7) is 6.03. The number of carbonyl (C=O) groups excluding carboxylic acids is 1. The monoisotopic (exact) mass is 210 g/mol. The smallest absolute Gasteiger partial charge is 0.237 e. The fourth-order valence-corrected chi connectivity index (χ4v) is 1.65. The summed E-state index contributed by atoms with van der Waals surface area (Å²) in [6, 6.07) is 0.620. The molecule has 0 aromatic rings. The third-order valence-corrected chi connectivity index (χ3v) is 2.89. The van der Waals surface area contributed by atoms with Gasteiger partial charge in [0.15, 0.2) is 0 Å². The molecule has 1 rings (SSSR count). The molecule has 2 atom stereocenters. The topological polar surface area (TPSA) is 41.1 Å². The Balaban J connectivity index is 2.26. The van der Waals surface area contributed by atoms with Crippen molar-refractivity contribution in [3.8, 4) is 0 Å². The lowest BCUT2D eigenvalue weighted by molar-refractivity contribution is -0.123. The van der Waals surface area contributed by atoms with Crippen molar-refractivity contribution in [2.45, 2.75) is 58.2 Å². The highest BCUT2D eigenvalue weighted by molar-refractivity contribution is 5.81. The fourth-order valence-electron chi connectivity index (χ4n) is 1.65. The minimum atomic E-state index is -0.0936. The van der Waals surface area contributed by atoms with Crippen LogP contribution in [0.25, 0.3) is 0 Å². The second-order valence-electron chi connectivity index (χ2n) is 4.35. The van der Waals surface area contributed by atoms with Crippen LogP contribution >= 0.6 is 0 Å². The molecule has 0 radical (unpaired) electrons. The molecule has 2 unspecified atom stereocenters. The quantitative estimate of drug-likeness (QED) is 0.677. The molecule has 3 heteroatoms. The molecule has 0 heterocycles. The van der Waals surface area contributed by atoms with Gasteiger partial charge in [-0.1, -0.05) is 19.1 Å². The van der Waals surface area contributed by atoms with Crippen molar-refractivity contribution in [1.29, 1.82) is 0 Å². The van der Waals surface area contributed by atoms with Crippen LogP contribution in [0.3, 0.4) is 0 Å². The summed E-state index contributed by atoms with van der Waals surface area (Å²) in [5.74, 6) is 0.108. The molecule has 0 fully saturated rings. The zero-order valence-electron chi connectivity index (χ0n) is 9.92. The highest BCUT2D eigenvalue weighted by Gasteiger charge is 2.18. The summed E-state index contributed by atoms with van der Waals surface area (Å²) >= 11 is 0. The van der Waals surface area contributed by atoms with Gasteiger partial charge in [0.05, 0.1) is 6.04 Å². The van der Waals surface area contributed by atoms with Gasteiger partial charge in [0.25, 0.3) is 0 Å². The minimum Gasteiger partial charge on any atom is -0.352 e. The largest absolute Gasteiger partial charge is 0.352 e. The number of carbonyl (C=O) groups is 1. The number of nitrogens with one attached hydrogen (secondary N) is 2. The second-order valence-corrected chi connectivity index (χ2v) is 4.35. The summed E-state index contributed by atoms with van der Waals surface area (Å²) in [5.41, 5.74) is 0. The third kappa shape index (κ3) is 4.04. The van der Waals surface area contributed by atoms with Crippen LogP contribution < -0.4 is 10.6 Å². The predicted octanol–water partition coefficient (Wildman–Crippen LogP) is 1.60. The van der Waals surface area contributed by atoms with E-state index in [4.69, 9.17) is 0 Å². The number of amides is 1. The molecule has 1 aliphatic carbocycles. The van der Waals surface area contributed by atoms with Crippen molar-refractivity contribution in [1.82, 2.24) is 10.6 Å². The lowest BCUT2D eigenvalue weighted by atomic mass is 10.2. The van der Waals surface area contributed by atoms with Crippen molar-refractivity contribution >= 4 is 5.91 Å². The first-order chi connectivity index (χ1) is 7.13. The maximum absolute atomic E-state index is 11.7. The van der Waals surface area contributed by atoms with Crippen LogP contribution in [0.5, 0.6) is 0 Å². The van der Waals surface area contributed by atoms with Gasteiger partial charge >= 0.3 is 0 Å². The van der Waals surface area contributed by atoms with E-state index in [0.29, 0.717) is 6.04 Å². The van der Waals surface area contributed by atoms with E-state index < -0.39 is 0 Å². The van der Waals surface area contributed by atoms with Gasteiger partial charge in [0.2, 0.25) is 5.91 Å². The molecule has 86 valence electrons. The van der Waals surface area contributed by atoms with Crippen LogP contribution in [0.2, 0.25) is 0 Å².